The first-order valence-electron chi connectivity index (χ1n) is 6.01. The number of hydrogen-bond donors (Lipinski definition) is 0. The number of rotatable bonds is 3. The Balaban J connectivity index is 1.98. The van der Waals surface area contributed by atoms with Crippen LogP contribution in [0.4, 0.5) is 0 Å². The largest absolute Gasteiger partial charge is 0.493 e. The molecule has 0 saturated heterocycles. The van der Waals surface area contributed by atoms with Gasteiger partial charge in [-0.15, -0.1) is 0 Å². The lowest BCUT2D eigenvalue weighted by atomic mass is 10.1. The van der Waals surface area contributed by atoms with Crippen molar-refractivity contribution in [3.8, 4) is 5.75 Å². The molecule has 96 valence electrons. The number of aromatic nitrogens is 2. The second-order valence-electron chi connectivity index (χ2n) is 4.35. The molecule has 1 aromatic carbocycles. The smallest absolute Gasteiger partial charge is 0.179 e. The van der Waals surface area contributed by atoms with Crippen molar-refractivity contribution in [2.75, 3.05) is 7.11 Å². The molecule has 2 aromatic heterocycles. The fraction of sp³-hybridized carbons (Fsp3) is 0.133. The molecule has 0 amide bonds. The molecule has 4 heteroatoms. The van der Waals surface area contributed by atoms with E-state index in [2.05, 4.69) is 4.98 Å². The third-order valence-corrected chi connectivity index (χ3v) is 3.23. The lowest BCUT2D eigenvalue weighted by Gasteiger charge is -1.99. The Morgan fingerprint density at radius 2 is 2.16 bits per heavy atom. The first-order chi connectivity index (χ1) is 9.26. The molecule has 19 heavy (non-hydrogen) atoms. The number of fused-ring (bicyclic) bond motifs is 1. The molecule has 0 fully saturated rings. The van der Waals surface area contributed by atoms with Crippen molar-refractivity contribution in [1.82, 2.24) is 9.38 Å². The molecule has 0 aliphatic carbocycles. The van der Waals surface area contributed by atoms with Gasteiger partial charge in [0.1, 0.15) is 0 Å². The van der Waals surface area contributed by atoms with Crippen LogP contribution in [0, 0.1) is 0 Å². The number of nitrogens with zero attached hydrogens (tertiary/aromatic N) is 2. The standard InChI is InChI=1S/C15H13ClN2O/c1-19-14-6-3-7-18-10-13(17-15(14)18)9-11-4-2-5-12(16)8-11/h2-8,10H,9H2,1H3. The van der Waals surface area contributed by atoms with Crippen molar-refractivity contribution in [3.05, 3.63) is 65.1 Å². The molecule has 0 aliphatic heterocycles. The van der Waals surface area contributed by atoms with E-state index in [4.69, 9.17) is 16.3 Å². The van der Waals surface area contributed by atoms with Gasteiger partial charge in [0.2, 0.25) is 0 Å². The zero-order valence-electron chi connectivity index (χ0n) is 10.5. The number of benzene rings is 1. The van der Waals surface area contributed by atoms with Crippen LogP contribution in [0.5, 0.6) is 5.75 Å². The van der Waals surface area contributed by atoms with Crippen LogP contribution in [0.2, 0.25) is 5.02 Å². The zero-order chi connectivity index (χ0) is 13.2. The number of methoxy groups -OCH3 is 1. The van der Waals surface area contributed by atoms with Crippen LogP contribution >= 0.6 is 11.6 Å². The minimum absolute atomic E-state index is 0.749. The summed E-state index contributed by atoms with van der Waals surface area (Å²) in [5.41, 5.74) is 2.98. The van der Waals surface area contributed by atoms with Crippen molar-refractivity contribution in [1.29, 1.82) is 0 Å². The van der Waals surface area contributed by atoms with Gasteiger partial charge in [0.15, 0.2) is 11.4 Å². The summed E-state index contributed by atoms with van der Waals surface area (Å²) in [6, 6.07) is 11.7. The van der Waals surface area contributed by atoms with Crippen LogP contribution in [0.1, 0.15) is 11.3 Å². The first kappa shape index (κ1) is 12.1. The Labute approximate surface area is 116 Å². The van der Waals surface area contributed by atoms with Gasteiger partial charge in [-0.05, 0) is 29.8 Å². The number of pyridine rings is 1. The summed E-state index contributed by atoms with van der Waals surface area (Å²) in [6.45, 7) is 0. The molecule has 3 rings (SSSR count). The Hall–Kier alpha value is -2.00. The van der Waals surface area contributed by atoms with Crippen LogP contribution in [0.25, 0.3) is 5.65 Å². The predicted octanol–water partition coefficient (Wildman–Crippen LogP) is 3.59. The normalized spacial score (nSPS) is 10.8. The summed E-state index contributed by atoms with van der Waals surface area (Å²) < 4.78 is 7.28. The fourth-order valence-corrected chi connectivity index (χ4v) is 2.35. The number of halogens is 1. The highest BCUT2D eigenvalue weighted by atomic mass is 35.5. The fourth-order valence-electron chi connectivity index (χ4n) is 2.14. The second-order valence-corrected chi connectivity index (χ2v) is 4.78. The Bertz CT molecular complexity index is 721. The summed E-state index contributed by atoms with van der Waals surface area (Å²) in [4.78, 5) is 4.60. The SMILES string of the molecule is COc1cccn2cc(Cc3cccc(Cl)c3)nc12. The summed E-state index contributed by atoms with van der Waals surface area (Å²) in [5.74, 6) is 0.778. The van der Waals surface area contributed by atoms with E-state index in [0.717, 1.165) is 34.1 Å². The van der Waals surface area contributed by atoms with Crippen LogP contribution in [-0.4, -0.2) is 16.5 Å². The average molecular weight is 273 g/mol. The maximum atomic E-state index is 5.99. The maximum absolute atomic E-state index is 5.99. The number of hydrogen-bond acceptors (Lipinski definition) is 2. The highest BCUT2D eigenvalue weighted by molar-refractivity contribution is 6.30. The van der Waals surface area contributed by atoms with Gasteiger partial charge in [-0.25, -0.2) is 4.98 Å². The summed E-state index contributed by atoms with van der Waals surface area (Å²) in [5, 5.41) is 0.749. The minimum Gasteiger partial charge on any atom is -0.493 e. The highest BCUT2D eigenvalue weighted by Gasteiger charge is 2.07. The average Bonchev–Trinajstić information content (AvgIpc) is 2.80. The van der Waals surface area contributed by atoms with Crippen LogP contribution in [-0.2, 0) is 6.42 Å². The molecular weight excluding hydrogens is 260 g/mol. The molecule has 0 saturated carbocycles. The molecule has 0 spiro atoms. The quantitative estimate of drug-likeness (QED) is 0.728. The highest BCUT2D eigenvalue weighted by Crippen LogP contribution is 2.20. The predicted molar refractivity (Wildman–Crippen MR) is 76.0 cm³/mol. The third kappa shape index (κ3) is 2.42. The van der Waals surface area contributed by atoms with Gasteiger partial charge in [0, 0.05) is 23.8 Å². The molecule has 3 aromatic rings. The van der Waals surface area contributed by atoms with Gasteiger partial charge in [0.05, 0.1) is 12.8 Å². The van der Waals surface area contributed by atoms with Gasteiger partial charge >= 0.3 is 0 Å². The lowest BCUT2D eigenvalue weighted by molar-refractivity contribution is 0.417. The van der Waals surface area contributed by atoms with E-state index in [0.29, 0.717) is 0 Å². The molecule has 0 atom stereocenters. The molecule has 0 radical (unpaired) electrons. The Kier molecular flexibility index (Phi) is 3.13. The van der Waals surface area contributed by atoms with Gasteiger partial charge < -0.3 is 9.14 Å². The lowest BCUT2D eigenvalue weighted by Crippen LogP contribution is -1.89. The molecule has 3 nitrogen and oxygen atoms in total. The summed E-state index contributed by atoms with van der Waals surface area (Å²) in [7, 11) is 1.65. The molecule has 0 N–H and O–H groups in total. The van der Waals surface area contributed by atoms with E-state index in [1.807, 2.05) is 53.2 Å². The summed E-state index contributed by atoms with van der Waals surface area (Å²) >= 11 is 5.99. The topological polar surface area (TPSA) is 26.5 Å². The van der Waals surface area contributed by atoms with Crippen molar-refractivity contribution >= 4 is 17.2 Å². The van der Waals surface area contributed by atoms with Gasteiger partial charge in [-0.2, -0.15) is 0 Å². The molecule has 0 unspecified atom stereocenters. The number of imidazole rings is 1. The second kappa shape index (κ2) is 4.94. The van der Waals surface area contributed by atoms with E-state index in [-0.39, 0.29) is 0 Å². The monoisotopic (exact) mass is 272 g/mol. The van der Waals surface area contributed by atoms with E-state index in [1.54, 1.807) is 7.11 Å². The third-order valence-electron chi connectivity index (χ3n) is 2.99. The van der Waals surface area contributed by atoms with Crippen LogP contribution in [0.15, 0.2) is 48.8 Å². The molecular formula is C15H13ClN2O. The summed E-state index contributed by atoms with van der Waals surface area (Å²) in [6.07, 6.45) is 4.73. The number of ether oxygens (including phenoxy) is 1. The van der Waals surface area contributed by atoms with Crippen LogP contribution < -0.4 is 4.74 Å². The molecule has 0 aliphatic rings. The maximum Gasteiger partial charge on any atom is 0.179 e. The van der Waals surface area contributed by atoms with Gasteiger partial charge in [-0.1, -0.05) is 23.7 Å². The zero-order valence-corrected chi connectivity index (χ0v) is 11.3. The first-order valence-corrected chi connectivity index (χ1v) is 6.39. The van der Waals surface area contributed by atoms with Crippen molar-refractivity contribution in [2.24, 2.45) is 0 Å². The Morgan fingerprint density at radius 1 is 1.26 bits per heavy atom. The van der Waals surface area contributed by atoms with E-state index < -0.39 is 0 Å². The van der Waals surface area contributed by atoms with Gasteiger partial charge in [-0.3, -0.25) is 0 Å². The Morgan fingerprint density at radius 3 is 2.95 bits per heavy atom. The van der Waals surface area contributed by atoms with Crippen molar-refractivity contribution in [3.63, 3.8) is 0 Å². The van der Waals surface area contributed by atoms with E-state index in [1.165, 1.54) is 0 Å². The molecule has 0 bridgehead atoms. The van der Waals surface area contributed by atoms with Crippen molar-refractivity contribution < 1.29 is 4.74 Å². The van der Waals surface area contributed by atoms with Crippen molar-refractivity contribution in [2.45, 2.75) is 6.42 Å². The van der Waals surface area contributed by atoms with E-state index in [9.17, 15) is 0 Å². The van der Waals surface area contributed by atoms with E-state index >= 15 is 0 Å². The van der Waals surface area contributed by atoms with Crippen LogP contribution in [0.3, 0.4) is 0 Å². The molecule has 2 heterocycles. The van der Waals surface area contributed by atoms with Gasteiger partial charge in [0.25, 0.3) is 0 Å². The minimum atomic E-state index is 0.749.